The maximum atomic E-state index is 3.96. The third-order valence-electron chi connectivity index (χ3n) is 1.29. The van der Waals surface area contributed by atoms with E-state index in [4.69, 9.17) is 0 Å². The first-order valence-electron chi connectivity index (χ1n) is 3.10. The molecule has 1 nitrogen and oxygen atoms in total. The second-order valence-electron chi connectivity index (χ2n) is 2.72. The molecule has 0 amide bonds. The first-order valence-corrected chi connectivity index (χ1v) is 3.10. The van der Waals surface area contributed by atoms with Crippen LogP contribution in [0.4, 0.5) is 0 Å². The van der Waals surface area contributed by atoms with Gasteiger partial charge in [0.1, 0.15) is 0 Å². The van der Waals surface area contributed by atoms with Gasteiger partial charge in [0, 0.05) is 0 Å². The van der Waals surface area contributed by atoms with E-state index in [1.54, 1.807) is 0 Å². The van der Waals surface area contributed by atoms with Crippen LogP contribution in [0.2, 0.25) is 0 Å². The van der Waals surface area contributed by atoms with Gasteiger partial charge in [-0.05, 0) is 27.0 Å². The highest BCUT2D eigenvalue weighted by Crippen LogP contribution is 2.14. The molecule has 0 saturated heterocycles. The zero-order valence-electron chi connectivity index (χ0n) is 6.07. The molecule has 0 radical (unpaired) electrons. The van der Waals surface area contributed by atoms with E-state index in [-0.39, 0.29) is 5.54 Å². The Labute approximate surface area is 51.8 Å². The van der Waals surface area contributed by atoms with Gasteiger partial charge in [-0.2, -0.15) is 0 Å². The van der Waals surface area contributed by atoms with Crippen molar-refractivity contribution in [2.75, 3.05) is 0 Å². The average Bonchev–Trinajstić information content (AvgIpc) is 1.67. The zero-order chi connectivity index (χ0) is 6.62. The third-order valence-corrected chi connectivity index (χ3v) is 1.29. The molecule has 48 valence electrons. The lowest BCUT2D eigenvalue weighted by atomic mass is 10.0. The predicted molar refractivity (Wildman–Crippen MR) is 38.5 cm³/mol. The Morgan fingerprint density at radius 1 is 1.50 bits per heavy atom. The Kier molecular flexibility index (Phi) is 2.74. The van der Waals surface area contributed by atoms with Gasteiger partial charge in [0.15, 0.2) is 0 Å². The minimum Gasteiger partial charge on any atom is -0.295 e. The Bertz CT molecular complexity index is 74.5. The maximum Gasteiger partial charge on any atom is 0.0544 e. The summed E-state index contributed by atoms with van der Waals surface area (Å²) in [6, 6.07) is 0. The average molecular weight is 113 g/mol. The topological polar surface area (TPSA) is 12.4 Å². The first-order chi connectivity index (χ1) is 3.62. The van der Waals surface area contributed by atoms with E-state index in [1.165, 1.54) is 6.42 Å². The molecule has 0 unspecified atom stereocenters. The van der Waals surface area contributed by atoms with Crippen molar-refractivity contribution in [2.45, 2.75) is 39.2 Å². The molecule has 0 bridgehead atoms. The van der Waals surface area contributed by atoms with E-state index in [0.717, 1.165) is 6.42 Å². The number of hydrogen-bond donors (Lipinski definition) is 0. The van der Waals surface area contributed by atoms with Crippen LogP contribution in [0, 0.1) is 0 Å². The summed E-state index contributed by atoms with van der Waals surface area (Å²) in [6.07, 6.45) is 2.32. The molecule has 0 aromatic rings. The maximum absolute atomic E-state index is 3.96. The molecule has 0 aromatic carbocycles. The predicted octanol–water partition coefficient (Wildman–Crippen LogP) is 2.27. The molecule has 0 atom stereocenters. The number of rotatable bonds is 3. The number of nitrogens with zero attached hydrogens (tertiary/aromatic N) is 1. The minimum atomic E-state index is 0.106. The van der Waals surface area contributed by atoms with Crippen LogP contribution in [0.5, 0.6) is 0 Å². The second-order valence-corrected chi connectivity index (χ2v) is 2.72. The number of hydrogen-bond acceptors (Lipinski definition) is 1. The molecular formula is C7H15N. The lowest BCUT2D eigenvalue weighted by Crippen LogP contribution is -2.14. The van der Waals surface area contributed by atoms with Gasteiger partial charge in [-0.3, -0.25) is 4.99 Å². The Balaban J connectivity index is 3.53. The van der Waals surface area contributed by atoms with Gasteiger partial charge < -0.3 is 0 Å². The van der Waals surface area contributed by atoms with Crippen molar-refractivity contribution in [2.24, 2.45) is 4.99 Å². The fourth-order valence-corrected chi connectivity index (χ4v) is 0.691. The molecule has 0 heterocycles. The van der Waals surface area contributed by atoms with Crippen molar-refractivity contribution >= 4 is 6.72 Å². The van der Waals surface area contributed by atoms with Gasteiger partial charge in [0.25, 0.3) is 0 Å². The van der Waals surface area contributed by atoms with Gasteiger partial charge in [0.2, 0.25) is 0 Å². The minimum absolute atomic E-state index is 0.106. The van der Waals surface area contributed by atoms with Crippen LogP contribution < -0.4 is 0 Å². The lowest BCUT2D eigenvalue weighted by Gasteiger charge is -2.16. The van der Waals surface area contributed by atoms with Gasteiger partial charge >= 0.3 is 0 Å². The summed E-state index contributed by atoms with van der Waals surface area (Å²) in [6.45, 7) is 9.86. The van der Waals surface area contributed by atoms with Crippen LogP contribution in [-0.4, -0.2) is 12.3 Å². The van der Waals surface area contributed by atoms with Crippen molar-refractivity contribution in [1.29, 1.82) is 0 Å². The summed E-state index contributed by atoms with van der Waals surface area (Å²) in [5.74, 6) is 0. The van der Waals surface area contributed by atoms with E-state index < -0.39 is 0 Å². The summed E-state index contributed by atoms with van der Waals surface area (Å²) in [4.78, 5) is 3.96. The van der Waals surface area contributed by atoms with Gasteiger partial charge in [-0.15, -0.1) is 0 Å². The summed E-state index contributed by atoms with van der Waals surface area (Å²) in [7, 11) is 0. The largest absolute Gasteiger partial charge is 0.295 e. The Hall–Kier alpha value is -0.330. The molecule has 0 aliphatic heterocycles. The van der Waals surface area contributed by atoms with Crippen LogP contribution in [0.3, 0.4) is 0 Å². The molecule has 1 heteroatoms. The van der Waals surface area contributed by atoms with Gasteiger partial charge in [-0.1, -0.05) is 13.3 Å². The van der Waals surface area contributed by atoms with E-state index >= 15 is 0 Å². The molecule has 0 aromatic heterocycles. The van der Waals surface area contributed by atoms with E-state index in [0.29, 0.717) is 0 Å². The third kappa shape index (κ3) is 2.78. The highest BCUT2D eigenvalue weighted by Gasteiger charge is 2.10. The first kappa shape index (κ1) is 7.67. The van der Waals surface area contributed by atoms with Crippen LogP contribution in [0.15, 0.2) is 4.99 Å². The van der Waals surface area contributed by atoms with E-state index in [9.17, 15) is 0 Å². The van der Waals surface area contributed by atoms with Crippen LogP contribution >= 0.6 is 0 Å². The number of aliphatic imine (C=N–C) groups is 1. The second kappa shape index (κ2) is 2.85. The SMILES string of the molecule is C=NC(C)(C)CCC. The summed E-state index contributed by atoms with van der Waals surface area (Å²) >= 11 is 0. The molecule has 0 rings (SSSR count). The van der Waals surface area contributed by atoms with Crippen molar-refractivity contribution in [3.05, 3.63) is 0 Å². The fourth-order valence-electron chi connectivity index (χ4n) is 0.691. The van der Waals surface area contributed by atoms with Crippen LogP contribution in [-0.2, 0) is 0 Å². The molecule has 0 spiro atoms. The molecule has 0 N–H and O–H groups in total. The summed E-state index contributed by atoms with van der Waals surface area (Å²) < 4.78 is 0. The normalized spacial score (nSPS) is 11.4. The standard InChI is InChI=1S/C7H15N/c1-5-6-7(2,3)8-4/h4-6H2,1-3H3. The van der Waals surface area contributed by atoms with E-state index in [1.807, 2.05) is 0 Å². The van der Waals surface area contributed by atoms with Crippen molar-refractivity contribution in [3.8, 4) is 0 Å². The smallest absolute Gasteiger partial charge is 0.0544 e. The summed E-state index contributed by atoms with van der Waals surface area (Å²) in [5.41, 5.74) is 0.106. The lowest BCUT2D eigenvalue weighted by molar-refractivity contribution is 0.477. The quantitative estimate of drug-likeness (QED) is 0.498. The van der Waals surface area contributed by atoms with Gasteiger partial charge in [-0.25, -0.2) is 0 Å². The van der Waals surface area contributed by atoms with Crippen molar-refractivity contribution in [1.82, 2.24) is 0 Å². The Morgan fingerprint density at radius 3 is 2.12 bits per heavy atom. The Morgan fingerprint density at radius 2 is 2.00 bits per heavy atom. The van der Waals surface area contributed by atoms with Gasteiger partial charge in [0.05, 0.1) is 5.54 Å². The molecule has 0 fully saturated rings. The highest BCUT2D eigenvalue weighted by atomic mass is 14.8. The van der Waals surface area contributed by atoms with E-state index in [2.05, 4.69) is 32.5 Å². The highest BCUT2D eigenvalue weighted by molar-refractivity contribution is 5.25. The monoisotopic (exact) mass is 113 g/mol. The molecule has 0 aliphatic rings. The molecular weight excluding hydrogens is 98.1 g/mol. The molecule has 8 heavy (non-hydrogen) atoms. The summed E-state index contributed by atoms with van der Waals surface area (Å²) in [5, 5.41) is 0. The van der Waals surface area contributed by atoms with Crippen LogP contribution in [0.1, 0.15) is 33.6 Å². The molecule has 0 saturated carbocycles. The van der Waals surface area contributed by atoms with Crippen molar-refractivity contribution in [3.63, 3.8) is 0 Å². The fraction of sp³-hybridized carbons (Fsp3) is 0.857. The zero-order valence-corrected chi connectivity index (χ0v) is 6.07. The van der Waals surface area contributed by atoms with Crippen molar-refractivity contribution < 1.29 is 0 Å². The molecule has 0 aliphatic carbocycles. The van der Waals surface area contributed by atoms with Crippen LogP contribution in [0.25, 0.3) is 0 Å².